The quantitative estimate of drug-likeness (QED) is 0.119. The minimum absolute atomic E-state index is 0.122. The van der Waals surface area contributed by atoms with Gasteiger partial charge >= 0.3 is 23.9 Å². The summed E-state index contributed by atoms with van der Waals surface area (Å²) in [6, 6.07) is 1.20. The van der Waals surface area contributed by atoms with E-state index in [1.54, 1.807) is 25.1 Å². The predicted octanol–water partition coefficient (Wildman–Crippen LogP) is 1.42. The first-order valence-corrected chi connectivity index (χ1v) is 12.6. The molecular formula is C20H26IN3O9S. The zero-order valence-electron chi connectivity index (χ0n) is 18.1. The van der Waals surface area contributed by atoms with Gasteiger partial charge in [0.15, 0.2) is 0 Å². The van der Waals surface area contributed by atoms with Crippen molar-refractivity contribution in [1.29, 1.82) is 0 Å². The van der Waals surface area contributed by atoms with E-state index in [9.17, 15) is 34.2 Å². The fourth-order valence-corrected chi connectivity index (χ4v) is 4.10. The van der Waals surface area contributed by atoms with Crippen molar-refractivity contribution < 1.29 is 44.4 Å². The van der Waals surface area contributed by atoms with Crippen LogP contribution < -0.4 is 16.0 Å². The van der Waals surface area contributed by atoms with Crippen molar-refractivity contribution >= 4 is 69.9 Å². The number of alkyl halides is 1. The van der Waals surface area contributed by atoms with Crippen LogP contribution in [0.4, 0.5) is 10.5 Å². The number of aliphatic hydroxyl groups is 1. The molecule has 0 saturated heterocycles. The number of rotatable bonds is 14. The maximum atomic E-state index is 12.3. The van der Waals surface area contributed by atoms with Crippen LogP contribution in [-0.2, 0) is 23.6 Å². The lowest BCUT2D eigenvalue weighted by atomic mass is 10.1. The maximum Gasteiger partial charge on any atom is 0.327 e. The second-order valence-electron chi connectivity index (χ2n) is 7.12. The van der Waals surface area contributed by atoms with Crippen LogP contribution in [0.2, 0.25) is 0 Å². The molecule has 1 aromatic rings. The topological polar surface area (TPSA) is 202 Å². The molecule has 14 heteroatoms. The van der Waals surface area contributed by atoms with E-state index in [1.807, 2.05) is 5.32 Å². The Kier molecular flexibility index (Phi) is 12.7. The highest BCUT2D eigenvalue weighted by molar-refractivity contribution is 14.1. The number of thioether (sulfide) groups is 1. The molecule has 0 heterocycles. The summed E-state index contributed by atoms with van der Waals surface area (Å²) in [5.74, 6) is -4.81. The highest BCUT2D eigenvalue weighted by Crippen LogP contribution is 2.24. The van der Waals surface area contributed by atoms with Gasteiger partial charge in [0, 0.05) is 22.3 Å². The van der Waals surface area contributed by atoms with E-state index in [0.29, 0.717) is 15.7 Å². The third-order valence-corrected chi connectivity index (χ3v) is 6.26. The van der Waals surface area contributed by atoms with Crippen LogP contribution in [0.3, 0.4) is 0 Å². The summed E-state index contributed by atoms with van der Waals surface area (Å²) >= 11 is 3.08. The molecule has 3 atom stereocenters. The van der Waals surface area contributed by atoms with E-state index >= 15 is 0 Å². The SMILES string of the molecule is CC(O)c1ccc(CI)c(NC(=O)CSCC(NC(=O)NC(CCC(=O)O)C(=O)O)C(=O)O)c1. The molecule has 0 aliphatic carbocycles. The molecule has 0 aromatic heterocycles. The van der Waals surface area contributed by atoms with Crippen LogP contribution in [0.15, 0.2) is 18.2 Å². The van der Waals surface area contributed by atoms with Crippen LogP contribution in [0, 0.1) is 0 Å². The Hall–Kier alpha value is -2.59. The van der Waals surface area contributed by atoms with Gasteiger partial charge in [0.05, 0.1) is 11.9 Å². The lowest BCUT2D eigenvalue weighted by Crippen LogP contribution is -2.52. The van der Waals surface area contributed by atoms with Crippen molar-refractivity contribution in [3.05, 3.63) is 29.3 Å². The molecule has 0 aliphatic rings. The van der Waals surface area contributed by atoms with E-state index in [0.717, 1.165) is 17.3 Å². The van der Waals surface area contributed by atoms with Gasteiger partial charge in [0.1, 0.15) is 12.1 Å². The van der Waals surface area contributed by atoms with Gasteiger partial charge in [-0.3, -0.25) is 9.59 Å². The van der Waals surface area contributed by atoms with Crippen molar-refractivity contribution in [2.75, 3.05) is 16.8 Å². The number of aliphatic hydroxyl groups excluding tert-OH is 1. The first-order valence-electron chi connectivity index (χ1n) is 9.93. The fraction of sp³-hybridized carbons (Fsp3) is 0.450. The summed E-state index contributed by atoms with van der Waals surface area (Å²) in [4.78, 5) is 57.5. The van der Waals surface area contributed by atoms with E-state index in [1.165, 1.54) is 0 Å². The number of carboxylic acids is 3. The van der Waals surface area contributed by atoms with Crippen LogP contribution in [-0.4, -0.2) is 73.9 Å². The fourth-order valence-electron chi connectivity index (χ4n) is 2.60. The molecule has 12 nitrogen and oxygen atoms in total. The molecule has 3 amide bonds. The number of amides is 3. The summed E-state index contributed by atoms with van der Waals surface area (Å²) in [6.07, 6.45) is -1.59. The highest BCUT2D eigenvalue weighted by Gasteiger charge is 2.25. The Labute approximate surface area is 213 Å². The summed E-state index contributed by atoms with van der Waals surface area (Å²) < 4.78 is 0.616. The largest absolute Gasteiger partial charge is 0.481 e. The molecule has 0 spiro atoms. The molecular weight excluding hydrogens is 585 g/mol. The summed E-state index contributed by atoms with van der Waals surface area (Å²) in [7, 11) is 0. The van der Waals surface area contributed by atoms with Crippen molar-refractivity contribution in [3.63, 3.8) is 0 Å². The van der Waals surface area contributed by atoms with Gasteiger partial charge in [-0.15, -0.1) is 11.8 Å². The standard InChI is InChI=1S/C20H26IN3O9S/c1-10(25)11-2-3-12(7-21)14(6-11)22-16(26)9-34-8-15(19(31)32)24-20(33)23-13(18(29)30)4-5-17(27)28/h2-3,6,10,13,15,25H,4-5,7-9H2,1H3,(H,22,26)(H,27,28)(H,29,30)(H,31,32)(H2,23,24,33). The minimum atomic E-state index is -1.51. The van der Waals surface area contributed by atoms with Crippen LogP contribution in [0.25, 0.3) is 0 Å². The molecule has 0 aliphatic heterocycles. The molecule has 0 fully saturated rings. The number of halogens is 1. The number of anilines is 1. The number of hydrogen-bond acceptors (Lipinski definition) is 7. The second-order valence-corrected chi connectivity index (χ2v) is 8.91. The molecule has 1 rings (SSSR count). The molecule has 7 N–H and O–H groups in total. The summed E-state index contributed by atoms with van der Waals surface area (Å²) in [6.45, 7) is 1.60. The normalized spacial score (nSPS) is 13.3. The molecule has 0 radical (unpaired) electrons. The number of aliphatic carboxylic acids is 3. The second kappa shape index (κ2) is 14.6. The maximum absolute atomic E-state index is 12.3. The minimum Gasteiger partial charge on any atom is -0.481 e. The molecule has 1 aromatic carbocycles. The zero-order valence-corrected chi connectivity index (χ0v) is 21.1. The number of hydrogen-bond donors (Lipinski definition) is 7. The number of urea groups is 1. The number of benzene rings is 1. The lowest BCUT2D eigenvalue weighted by Gasteiger charge is -2.18. The lowest BCUT2D eigenvalue weighted by molar-refractivity contribution is -0.140. The zero-order chi connectivity index (χ0) is 25.8. The Balaban J connectivity index is 2.63. The Morgan fingerprint density at radius 1 is 1.03 bits per heavy atom. The Bertz CT molecular complexity index is 913. The smallest absolute Gasteiger partial charge is 0.327 e. The third kappa shape index (κ3) is 10.6. The molecule has 0 bridgehead atoms. The van der Waals surface area contributed by atoms with E-state index in [-0.39, 0.29) is 17.9 Å². The number of carboxylic acid groups (broad SMARTS) is 3. The molecule has 34 heavy (non-hydrogen) atoms. The van der Waals surface area contributed by atoms with Crippen LogP contribution in [0.5, 0.6) is 0 Å². The average Bonchev–Trinajstić information content (AvgIpc) is 2.75. The molecule has 188 valence electrons. The number of carbonyl (C=O) groups excluding carboxylic acids is 2. The van der Waals surface area contributed by atoms with Crippen molar-refractivity contribution in [2.45, 2.75) is 42.4 Å². The first-order chi connectivity index (χ1) is 15.9. The van der Waals surface area contributed by atoms with Crippen LogP contribution in [0.1, 0.15) is 37.0 Å². The Morgan fingerprint density at radius 2 is 1.65 bits per heavy atom. The van der Waals surface area contributed by atoms with Gasteiger partial charge in [-0.1, -0.05) is 34.7 Å². The van der Waals surface area contributed by atoms with Crippen molar-refractivity contribution in [2.24, 2.45) is 0 Å². The van der Waals surface area contributed by atoms with Crippen molar-refractivity contribution in [1.82, 2.24) is 10.6 Å². The predicted molar refractivity (Wildman–Crippen MR) is 132 cm³/mol. The van der Waals surface area contributed by atoms with Gasteiger partial charge in [-0.2, -0.15) is 0 Å². The first kappa shape index (κ1) is 29.4. The van der Waals surface area contributed by atoms with E-state index in [4.69, 9.17) is 10.2 Å². The van der Waals surface area contributed by atoms with Crippen LogP contribution >= 0.6 is 34.4 Å². The number of nitrogens with one attached hydrogen (secondary N) is 3. The van der Waals surface area contributed by atoms with Gasteiger partial charge < -0.3 is 36.4 Å². The monoisotopic (exact) mass is 611 g/mol. The average molecular weight is 611 g/mol. The van der Waals surface area contributed by atoms with Gasteiger partial charge in [0.2, 0.25) is 5.91 Å². The Morgan fingerprint density at radius 3 is 2.18 bits per heavy atom. The molecule has 3 unspecified atom stereocenters. The summed E-state index contributed by atoms with van der Waals surface area (Å²) in [5, 5.41) is 43.6. The number of carbonyl (C=O) groups is 5. The van der Waals surface area contributed by atoms with Gasteiger partial charge in [-0.05, 0) is 30.5 Å². The highest BCUT2D eigenvalue weighted by atomic mass is 127. The third-order valence-electron chi connectivity index (χ3n) is 4.41. The summed E-state index contributed by atoms with van der Waals surface area (Å²) in [5.41, 5.74) is 2.01. The van der Waals surface area contributed by atoms with E-state index in [2.05, 4.69) is 33.2 Å². The van der Waals surface area contributed by atoms with Gasteiger partial charge in [-0.25, -0.2) is 14.4 Å². The molecule has 0 saturated carbocycles. The van der Waals surface area contributed by atoms with Gasteiger partial charge in [0.25, 0.3) is 0 Å². The van der Waals surface area contributed by atoms with E-state index < -0.39 is 54.5 Å². The van der Waals surface area contributed by atoms with Crippen molar-refractivity contribution in [3.8, 4) is 0 Å².